The molecule has 1 aliphatic heterocycles. The molecular formula is C5H10N2O2. The van der Waals surface area contributed by atoms with E-state index in [9.17, 15) is 0 Å². The van der Waals surface area contributed by atoms with Gasteiger partial charge in [-0.05, 0) is 13.8 Å². The Morgan fingerprint density at radius 1 is 1.89 bits per heavy atom. The molecule has 0 radical (unpaired) electrons. The Hall–Kier alpha value is -0.610. The van der Waals surface area contributed by atoms with E-state index in [-0.39, 0.29) is 6.23 Å². The molecule has 2 unspecified atom stereocenters. The van der Waals surface area contributed by atoms with Crippen LogP contribution in [0.3, 0.4) is 0 Å². The molecule has 4 nitrogen and oxygen atoms in total. The molecule has 52 valence electrons. The largest absolute Gasteiger partial charge is 0.385 e. The molecule has 0 spiro atoms. The van der Waals surface area contributed by atoms with E-state index < -0.39 is 6.10 Å². The van der Waals surface area contributed by atoms with Crippen LogP contribution in [0.15, 0.2) is 4.99 Å². The molecule has 0 saturated carbocycles. The van der Waals surface area contributed by atoms with Crippen LogP contribution in [0.4, 0.5) is 0 Å². The van der Waals surface area contributed by atoms with Crippen molar-refractivity contribution >= 4 is 5.84 Å². The van der Waals surface area contributed by atoms with Crippen molar-refractivity contribution in [2.45, 2.75) is 26.2 Å². The first kappa shape index (κ1) is 6.51. The summed E-state index contributed by atoms with van der Waals surface area (Å²) >= 11 is 0. The van der Waals surface area contributed by atoms with E-state index in [0.29, 0.717) is 5.84 Å². The summed E-state index contributed by atoms with van der Waals surface area (Å²) in [6.45, 7) is 3.43. The molecule has 0 saturated heterocycles. The van der Waals surface area contributed by atoms with Crippen LogP contribution in [0, 0.1) is 0 Å². The zero-order valence-electron chi connectivity index (χ0n) is 5.46. The fourth-order valence-corrected chi connectivity index (χ4v) is 0.587. The number of hydroxylamine groups is 1. The van der Waals surface area contributed by atoms with Crippen LogP contribution in [0.25, 0.3) is 0 Å². The Kier molecular flexibility index (Phi) is 1.68. The molecule has 0 aromatic rings. The van der Waals surface area contributed by atoms with Gasteiger partial charge in [0.05, 0.1) is 0 Å². The molecule has 1 heterocycles. The van der Waals surface area contributed by atoms with Crippen LogP contribution in [-0.4, -0.2) is 23.3 Å². The van der Waals surface area contributed by atoms with Crippen molar-refractivity contribution in [3.8, 4) is 0 Å². The maximum atomic E-state index is 8.90. The molecule has 0 bridgehead atoms. The fraction of sp³-hybridized carbons (Fsp3) is 0.800. The SMILES string of the molecule is CC1N=C(C(C)O)NO1. The van der Waals surface area contributed by atoms with E-state index in [4.69, 9.17) is 9.94 Å². The van der Waals surface area contributed by atoms with Gasteiger partial charge in [-0.1, -0.05) is 0 Å². The molecule has 0 amide bonds. The molecule has 1 rings (SSSR count). The van der Waals surface area contributed by atoms with Crippen LogP contribution < -0.4 is 5.48 Å². The first-order valence-corrected chi connectivity index (χ1v) is 2.87. The molecule has 4 heteroatoms. The second-order valence-electron chi connectivity index (χ2n) is 2.01. The zero-order chi connectivity index (χ0) is 6.85. The number of hydrogen-bond acceptors (Lipinski definition) is 4. The normalized spacial score (nSPS) is 29.2. The summed E-state index contributed by atoms with van der Waals surface area (Å²) in [5, 5.41) is 8.90. The smallest absolute Gasteiger partial charge is 0.174 e. The van der Waals surface area contributed by atoms with Crippen LogP contribution in [0.2, 0.25) is 0 Å². The summed E-state index contributed by atoms with van der Waals surface area (Å²) in [6, 6.07) is 0. The van der Waals surface area contributed by atoms with Crippen molar-refractivity contribution in [1.82, 2.24) is 5.48 Å². The van der Waals surface area contributed by atoms with Crippen LogP contribution >= 0.6 is 0 Å². The lowest BCUT2D eigenvalue weighted by Crippen LogP contribution is -2.27. The minimum Gasteiger partial charge on any atom is -0.385 e. The first-order valence-electron chi connectivity index (χ1n) is 2.87. The average Bonchev–Trinajstić information content (AvgIpc) is 2.14. The number of nitrogens with one attached hydrogen (secondary N) is 1. The maximum absolute atomic E-state index is 8.90. The predicted molar refractivity (Wildman–Crippen MR) is 32.8 cm³/mol. The minimum atomic E-state index is -0.560. The van der Waals surface area contributed by atoms with Gasteiger partial charge < -0.3 is 5.11 Å². The molecular weight excluding hydrogens is 120 g/mol. The highest BCUT2D eigenvalue weighted by molar-refractivity contribution is 5.85. The number of rotatable bonds is 1. The number of amidine groups is 1. The van der Waals surface area contributed by atoms with Crippen molar-refractivity contribution in [2.75, 3.05) is 0 Å². The minimum absolute atomic E-state index is 0.172. The maximum Gasteiger partial charge on any atom is 0.174 e. The summed E-state index contributed by atoms with van der Waals surface area (Å²) in [7, 11) is 0. The molecule has 2 N–H and O–H groups in total. The standard InChI is InChI=1S/C5H10N2O2/c1-3(8)5-6-4(2)9-7-5/h3-4,8H,1-2H3,(H,6,7). The molecule has 1 aliphatic rings. The predicted octanol–water partition coefficient (Wildman–Crippen LogP) is -0.354. The second-order valence-corrected chi connectivity index (χ2v) is 2.01. The topological polar surface area (TPSA) is 53.9 Å². The fourth-order valence-electron chi connectivity index (χ4n) is 0.587. The van der Waals surface area contributed by atoms with Crippen molar-refractivity contribution in [2.24, 2.45) is 4.99 Å². The van der Waals surface area contributed by atoms with Gasteiger partial charge in [-0.2, -0.15) is 0 Å². The van der Waals surface area contributed by atoms with Crippen LogP contribution in [0.1, 0.15) is 13.8 Å². The summed E-state index contributed by atoms with van der Waals surface area (Å²) in [5.74, 6) is 0.502. The van der Waals surface area contributed by atoms with E-state index in [2.05, 4.69) is 10.5 Å². The number of aliphatic imine (C=N–C) groups is 1. The highest BCUT2D eigenvalue weighted by Crippen LogP contribution is 2.00. The van der Waals surface area contributed by atoms with Crippen LogP contribution in [-0.2, 0) is 4.84 Å². The van der Waals surface area contributed by atoms with Gasteiger partial charge in [0.1, 0.15) is 6.10 Å². The van der Waals surface area contributed by atoms with Gasteiger partial charge in [0.2, 0.25) is 0 Å². The van der Waals surface area contributed by atoms with Crippen molar-refractivity contribution < 1.29 is 9.94 Å². The Bertz CT molecular complexity index is 133. The Morgan fingerprint density at radius 2 is 2.56 bits per heavy atom. The monoisotopic (exact) mass is 130 g/mol. The first-order chi connectivity index (χ1) is 4.20. The third-order valence-electron chi connectivity index (χ3n) is 1.05. The van der Waals surface area contributed by atoms with E-state index in [1.54, 1.807) is 13.8 Å². The third kappa shape index (κ3) is 1.40. The van der Waals surface area contributed by atoms with Gasteiger partial charge >= 0.3 is 0 Å². The second kappa shape index (κ2) is 2.33. The summed E-state index contributed by atoms with van der Waals surface area (Å²) < 4.78 is 0. The van der Waals surface area contributed by atoms with Gasteiger partial charge in [0.25, 0.3) is 0 Å². The van der Waals surface area contributed by atoms with Crippen molar-refractivity contribution in [3.63, 3.8) is 0 Å². The molecule has 9 heavy (non-hydrogen) atoms. The summed E-state index contributed by atoms with van der Waals surface area (Å²) in [4.78, 5) is 8.73. The molecule has 0 aromatic carbocycles. The van der Waals surface area contributed by atoms with Gasteiger partial charge in [0, 0.05) is 0 Å². The lowest BCUT2D eigenvalue weighted by atomic mass is 10.4. The number of aliphatic hydroxyl groups excluding tert-OH is 1. The molecule has 0 aliphatic carbocycles. The molecule has 2 atom stereocenters. The number of hydrogen-bond donors (Lipinski definition) is 2. The van der Waals surface area contributed by atoms with Gasteiger partial charge in [-0.3, -0.25) is 0 Å². The Balaban J connectivity index is 2.52. The lowest BCUT2D eigenvalue weighted by Gasteiger charge is -2.00. The van der Waals surface area contributed by atoms with E-state index in [0.717, 1.165) is 0 Å². The van der Waals surface area contributed by atoms with Gasteiger partial charge in [0.15, 0.2) is 12.1 Å². The van der Waals surface area contributed by atoms with Gasteiger partial charge in [-0.25, -0.2) is 15.3 Å². The quantitative estimate of drug-likeness (QED) is 0.510. The Labute approximate surface area is 53.5 Å². The summed E-state index contributed by atoms with van der Waals surface area (Å²) in [5.41, 5.74) is 2.51. The average molecular weight is 130 g/mol. The van der Waals surface area contributed by atoms with Gasteiger partial charge in [-0.15, -0.1) is 0 Å². The number of nitrogens with zero attached hydrogens (tertiary/aromatic N) is 1. The molecule has 0 aromatic heterocycles. The zero-order valence-corrected chi connectivity index (χ0v) is 5.46. The number of aliphatic hydroxyl groups is 1. The Morgan fingerprint density at radius 3 is 2.78 bits per heavy atom. The van der Waals surface area contributed by atoms with Crippen molar-refractivity contribution in [1.29, 1.82) is 0 Å². The van der Waals surface area contributed by atoms with E-state index in [1.165, 1.54) is 0 Å². The highest BCUT2D eigenvalue weighted by Gasteiger charge is 2.15. The van der Waals surface area contributed by atoms with E-state index in [1.807, 2.05) is 0 Å². The lowest BCUT2D eigenvalue weighted by molar-refractivity contribution is 0.0472. The van der Waals surface area contributed by atoms with Crippen LogP contribution in [0.5, 0.6) is 0 Å². The summed E-state index contributed by atoms with van der Waals surface area (Å²) in [6.07, 6.45) is -0.732. The molecule has 0 fully saturated rings. The van der Waals surface area contributed by atoms with E-state index >= 15 is 0 Å². The van der Waals surface area contributed by atoms with Crippen molar-refractivity contribution in [3.05, 3.63) is 0 Å². The third-order valence-corrected chi connectivity index (χ3v) is 1.05. The highest BCUT2D eigenvalue weighted by atomic mass is 16.7.